The van der Waals surface area contributed by atoms with E-state index in [1.54, 1.807) is 0 Å². The molecule has 0 saturated carbocycles. The molecule has 0 unspecified atom stereocenters. The van der Waals surface area contributed by atoms with Gasteiger partial charge in [0.05, 0.1) is 0 Å². The van der Waals surface area contributed by atoms with Crippen molar-refractivity contribution in [3.63, 3.8) is 0 Å². The van der Waals surface area contributed by atoms with Crippen molar-refractivity contribution in [2.24, 2.45) is 0 Å². The van der Waals surface area contributed by atoms with Gasteiger partial charge in [0.1, 0.15) is 0 Å². The van der Waals surface area contributed by atoms with Crippen LogP contribution in [-0.2, 0) is 12.8 Å². The van der Waals surface area contributed by atoms with Crippen LogP contribution in [0.25, 0.3) is 0 Å². The highest BCUT2D eigenvalue weighted by Crippen LogP contribution is 2.47. The van der Waals surface area contributed by atoms with E-state index in [0.29, 0.717) is 0 Å². The molecule has 0 spiro atoms. The van der Waals surface area contributed by atoms with Crippen LogP contribution in [0.2, 0.25) is 0 Å². The highest BCUT2D eigenvalue weighted by atomic mass is 16.6. The summed E-state index contributed by atoms with van der Waals surface area (Å²) in [4.78, 5) is 0. The lowest BCUT2D eigenvalue weighted by Crippen LogP contribution is -1.99. The van der Waals surface area contributed by atoms with Gasteiger partial charge in [0.25, 0.3) is 0 Å². The van der Waals surface area contributed by atoms with E-state index in [4.69, 9.17) is 4.74 Å². The molecule has 11 heavy (non-hydrogen) atoms. The lowest BCUT2D eigenvalue weighted by Gasteiger charge is -2.12. The zero-order valence-electron chi connectivity index (χ0n) is 6.39. The predicted octanol–water partition coefficient (Wildman–Crippen LogP) is 2.67. The Hall–Kier alpha value is -0.980. The van der Waals surface area contributed by atoms with Crippen LogP contribution in [0.3, 0.4) is 0 Å². The fourth-order valence-corrected chi connectivity index (χ4v) is 1.89. The maximum Gasteiger partial charge on any atom is 0.170 e. The second kappa shape index (κ2) is 1.79. The topological polar surface area (TPSA) is 12.5 Å². The van der Waals surface area contributed by atoms with E-state index >= 15 is 0 Å². The number of ether oxygens (including phenoxy) is 1. The van der Waals surface area contributed by atoms with Crippen molar-refractivity contribution in [2.75, 3.05) is 0 Å². The molecule has 1 aromatic carbocycles. The van der Waals surface area contributed by atoms with Crippen molar-refractivity contribution in [2.45, 2.75) is 25.7 Å². The van der Waals surface area contributed by atoms with Gasteiger partial charge in [-0.3, -0.25) is 0 Å². The van der Waals surface area contributed by atoms with Crippen molar-refractivity contribution >= 4 is 0 Å². The van der Waals surface area contributed by atoms with Crippen LogP contribution in [0.5, 0.6) is 11.5 Å². The summed E-state index contributed by atoms with van der Waals surface area (Å²) in [6.45, 7) is 0. The number of benzene rings is 1. The summed E-state index contributed by atoms with van der Waals surface area (Å²) in [6, 6.07) is 4.42. The Morgan fingerprint density at radius 3 is 2.00 bits per heavy atom. The standard InChI is InChI=1S/C10H10O/c1-2-4-8-6-10-9(11-10)5-7(8)3-1/h5-6H,1-4H2. The molecule has 1 aromatic rings. The summed E-state index contributed by atoms with van der Waals surface area (Å²) in [6.07, 6.45) is 5.22. The molecular formula is C10H10O. The number of hydrogen-bond acceptors (Lipinski definition) is 1. The Balaban J connectivity index is 2.16. The second-order valence-corrected chi connectivity index (χ2v) is 3.38. The molecule has 0 N–H and O–H groups in total. The van der Waals surface area contributed by atoms with Crippen LogP contribution in [0.15, 0.2) is 12.1 Å². The first-order valence-electron chi connectivity index (χ1n) is 4.27. The van der Waals surface area contributed by atoms with Gasteiger partial charge in [0.15, 0.2) is 11.5 Å². The van der Waals surface area contributed by atoms with E-state index in [1.807, 2.05) is 0 Å². The van der Waals surface area contributed by atoms with Crippen molar-refractivity contribution in [3.8, 4) is 11.5 Å². The summed E-state index contributed by atoms with van der Waals surface area (Å²) in [5.41, 5.74) is 3.04. The molecule has 3 rings (SSSR count). The summed E-state index contributed by atoms with van der Waals surface area (Å²) < 4.78 is 5.25. The van der Waals surface area contributed by atoms with Gasteiger partial charge in [-0.15, -0.1) is 0 Å². The summed E-state index contributed by atoms with van der Waals surface area (Å²) >= 11 is 0. The van der Waals surface area contributed by atoms with Gasteiger partial charge in [0, 0.05) is 0 Å². The summed E-state index contributed by atoms with van der Waals surface area (Å²) in [7, 11) is 0. The summed E-state index contributed by atoms with van der Waals surface area (Å²) in [5.74, 6) is 2.23. The molecule has 0 bridgehead atoms. The molecule has 0 radical (unpaired) electrons. The maximum absolute atomic E-state index is 5.25. The van der Waals surface area contributed by atoms with Crippen molar-refractivity contribution in [1.29, 1.82) is 0 Å². The minimum Gasteiger partial charge on any atom is -0.449 e. The number of fused-ring (bicyclic) bond motifs is 2. The molecule has 0 aromatic heterocycles. The van der Waals surface area contributed by atoms with E-state index < -0.39 is 0 Å². The fraction of sp³-hybridized carbons (Fsp3) is 0.400. The lowest BCUT2D eigenvalue weighted by molar-refractivity contribution is 0.649. The van der Waals surface area contributed by atoms with Crippen LogP contribution < -0.4 is 4.74 Å². The van der Waals surface area contributed by atoms with Gasteiger partial charge in [-0.05, 0) is 48.9 Å². The first kappa shape index (κ1) is 5.64. The average Bonchev–Trinajstić information content (AvgIpc) is 2.77. The molecule has 0 amide bonds. The third-order valence-corrected chi connectivity index (χ3v) is 2.59. The van der Waals surface area contributed by atoms with E-state index in [0.717, 1.165) is 11.5 Å². The minimum absolute atomic E-state index is 1.12. The Bertz CT molecular complexity index is 284. The molecular weight excluding hydrogens is 136 g/mol. The average molecular weight is 146 g/mol. The molecule has 1 heteroatoms. The molecule has 1 aliphatic heterocycles. The molecule has 56 valence electrons. The third-order valence-electron chi connectivity index (χ3n) is 2.59. The van der Waals surface area contributed by atoms with Crippen molar-refractivity contribution < 1.29 is 4.74 Å². The maximum atomic E-state index is 5.25. The summed E-state index contributed by atoms with van der Waals surface area (Å²) in [5, 5.41) is 0. The van der Waals surface area contributed by atoms with E-state index in [1.165, 1.54) is 36.8 Å². The largest absolute Gasteiger partial charge is 0.449 e. The fourth-order valence-electron chi connectivity index (χ4n) is 1.89. The van der Waals surface area contributed by atoms with Gasteiger partial charge in [0.2, 0.25) is 0 Å². The Labute approximate surface area is 66.0 Å². The highest BCUT2D eigenvalue weighted by molar-refractivity contribution is 5.58. The normalized spacial score (nSPS) is 18.2. The Morgan fingerprint density at radius 2 is 1.45 bits per heavy atom. The minimum atomic E-state index is 1.12. The predicted molar refractivity (Wildman–Crippen MR) is 43.2 cm³/mol. The number of aryl methyl sites for hydroxylation is 2. The molecule has 2 aliphatic rings. The zero-order valence-corrected chi connectivity index (χ0v) is 6.39. The molecule has 1 aliphatic carbocycles. The van der Waals surface area contributed by atoms with Gasteiger partial charge < -0.3 is 4.74 Å². The van der Waals surface area contributed by atoms with Crippen molar-refractivity contribution in [1.82, 2.24) is 0 Å². The second-order valence-electron chi connectivity index (χ2n) is 3.38. The van der Waals surface area contributed by atoms with Gasteiger partial charge in [-0.1, -0.05) is 0 Å². The SMILES string of the molecule is c1c2c(cc3c1O3)CCCC2. The molecule has 0 saturated heterocycles. The smallest absolute Gasteiger partial charge is 0.170 e. The highest BCUT2D eigenvalue weighted by Gasteiger charge is 2.23. The third kappa shape index (κ3) is 0.770. The van der Waals surface area contributed by atoms with Crippen LogP contribution >= 0.6 is 0 Å². The Kier molecular flexibility index (Phi) is 0.916. The lowest BCUT2D eigenvalue weighted by atomic mass is 9.92. The van der Waals surface area contributed by atoms with E-state index in [9.17, 15) is 0 Å². The monoisotopic (exact) mass is 146 g/mol. The molecule has 1 heterocycles. The van der Waals surface area contributed by atoms with E-state index in [-0.39, 0.29) is 0 Å². The first-order chi connectivity index (χ1) is 5.43. The van der Waals surface area contributed by atoms with Crippen LogP contribution in [0.1, 0.15) is 24.0 Å². The quantitative estimate of drug-likeness (QED) is 0.520. The van der Waals surface area contributed by atoms with Gasteiger partial charge in [-0.2, -0.15) is 0 Å². The van der Waals surface area contributed by atoms with Crippen LogP contribution in [-0.4, -0.2) is 0 Å². The Morgan fingerprint density at radius 1 is 0.909 bits per heavy atom. The van der Waals surface area contributed by atoms with E-state index in [2.05, 4.69) is 12.1 Å². The zero-order chi connectivity index (χ0) is 7.26. The van der Waals surface area contributed by atoms with Gasteiger partial charge in [-0.25, -0.2) is 0 Å². The molecule has 1 nitrogen and oxygen atoms in total. The van der Waals surface area contributed by atoms with Crippen molar-refractivity contribution in [3.05, 3.63) is 23.3 Å². The molecule has 0 fully saturated rings. The molecule has 0 atom stereocenters. The number of hydrogen-bond donors (Lipinski definition) is 0. The van der Waals surface area contributed by atoms with Crippen LogP contribution in [0.4, 0.5) is 0 Å². The van der Waals surface area contributed by atoms with Gasteiger partial charge >= 0.3 is 0 Å². The first-order valence-corrected chi connectivity index (χ1v) is 4.27. The van der Waals surface area contributed by atoms with Crippen LogP contribution in [0, 0.1) is 0 Å². The number of rotatable bonds is 0.